The van der Waals surface area contributed by atoms with Crippen molar-refractivity contribution in [3.8, 4) is 5.75 Å². The van der Waals surface area contributed by atoms with Crippen LogP contribution in [0.15, 0.2) is 18.2 Å². The first-order chi connectivity index (χ1) is 11.6. The fourth-order valence-electron chi connectivity index (χ4n) is 2.91. The molecule has 1 aromatic carbocycles. The zero-order chi connectivity index (χ0) is 17.4. The number of likely N-dealkylation sites (tertiary alicyclic amines) is 1. The molecule has 0 unspecified atom stereocenters. The van der Waals surface area contributed by atoms with Crippen LogP contribution in [0.25, 0.3) is 0 Å². The molecule has 0 aliphatic carbocycles. The Morgan fingerprint density at radius 2 is 2.12 bits per heavy atom. The van der Waals surface area contributed by atoms with Gasteiger partial charge in [0.05, 0.1) is 19.6 Å². The first-order valence-electron chi connectivity index (χ1n) is 8.76. The predicted molar refractivity (Wildman–Crippen MR) is 95.5 cm³/mol. The Kier molecular flexibility index (Phi) is 7.53. The van der Waals surface area contributed by atoms with Crippen LogP contribution in [0.2, 0.25) is 0 Å². The molecule has 134 valence electrons. The number of aryl methyl sites for hydroxylation is 2. The Balaban J connectivity index is 1.59. The molecule has 0 spiro atoms. The van der Waals surface area contributed by atoms with Gasteiger partial charge in [0.15, 0.2) is 0 Å². The van der Waals surface area contributed by atoms with E-state index in [0.29, 0.717) is 18.9 Å². The molecule has 1 aliphatic rings. The van der Waals surface area contributed by atoms with Gasteiger partial charge in [-0.05, 0) is 56.0 Å². The average molecular weight is 334 g/mol. The molecule has 1 N–H and O–H groups in total. The van der Waals surface area contributed by atoms with Gasteiger partial charge in [-0.1, -0.05) is 6.07 Å². The number of hydrogen-bond acceptors (Lipinski definition) is 4. The second-order valence-corrected chi connectivity index (χ2v) is 6.60. The highest BCUT2D eigenvalue weighted by molar-refractivity contribution is 5.76. The van der Waals surface area contributed by atoms with E-state index in [1.54, 1.807) is 7.11 Å². The highest BCUT2D eigenvalue weighted by atomic mass is 16.5. The summed E-state index contributed by atoms with van der Waals surface area (Å²) in [6.07, 6.45) is 1.54. The van der Waals surface area contributed by atoms with Crippen molar-refractivity contribution in [3.63, 3.8) is 0 Å². The van der Waals surface area contributed by atoms with E-state index >= 15 is 0 Å². The van der Waals surface area contributed by atoms with Gasteiger partial charge >= 0.3 is 0 Å². The topological polar surface area (TPSA) is 50.8 Å². The van der Waals surface area contributed by atoms with E-state index in [1.807, 2.05) is 18.2 Å². The van der Waals surface area contributed by atoms with E-state index in [-0.39, 0.29) is 5.91 Å². The van der Waals surface area contributed by atoms with Gasteiger partial charge in [0.25, 0.3) is 0 Å². The Hall–Kier alpha value is -1.59. The van der Waals surface area contributed by atoms with E-state index < -0.39 is 0 Å². The summed E-state index contributed by atoms with van der Waals surface area (Å²) in [5.41, 5.74) is 2.45. The van der Waals surface area contributed by atoms with Crippen LogP contribution in [0, 0.1) is 19.8 Å². The summed E-state index contributed by atoms with van der Waals surface area (Å²) in [4.78, 5) is 14.3. The molecule has 0 bridgehead atoms. The number of methoxy groups -OCH3 is 1. The van der Waals surface area contributed by atoms with Crippen molar-refractivity contribution in [1.29, 1.82) is 0 Å². The van der Waals surface area contributed by atoms with Gasteiger partial charge in [-0.15, -0.1) is 0 Å². The zero-order valence-electron chi connectivity index (χ0n) is 15.1. The lowest BCUT2D eigenvalue weighted by molar-refractivity contribution is -0.121. The van der Waals surface area contributed by atoms with Crippen LogP contribution < -0.4 is 10.1 Å². The maximum Gasteiger partial charge on any atom is 0.223 e. The Labute approximate surface area is 145 Å². The minimum Gasteiger partial charge on any atom is -0.493 e. The molecule has 5 heteroatoms. The van der Waals surface area contributed by atoms with Crippen LogP contribution in [0.1, 0.15) is 24.0 Å². The van der Waals surface area contributed by atoms with Crippen molar-refractivity contribution < 1.29 is 14.3 Å². The number of nitrogens with one attached hydrogen (secondary N) is 1. The molecule has 1 fully saturated rings. The number of nitrogens with zero attached hydrogens (tertiary/aromatic N) is 1. The van der Waals surface area contributed by atoms with E-state index in [4.69, 9.17) is 9.47 Å². The number of hydrogen-bond donors (Lipinski definition) is 1. The molecule has 1 heterocycles. The van der Waals surface area contributed by atoms with Gasteiger partial charge in [0.1, 0.15) is 5.75 Å². The van der Waals surface area contributed by atoms with Crippen molar-refractivity contribution in [2.24, 2.45) is 5.92 Å². The first-order valence-corrected chi connectivity index (χ1v) is 8.76. The molecule has 0 saturated carbocycles. The second kappa shape index (κ2) is 9.64. The number of rotatable bonds is 9. The highest BCUT2D eigenvalue weighted by Crippen LogP contribution is 2.17. The van der Waals surface area contributed by atoms with Gasteiger partial charge < -0.3 is 19.7 Å². The normalized spacial score (nSPS) is 17.9. The van der Waals surface area contributed by atoms with Crippen molar-refractivity contribution in [2.75, 3.05) is 46.5 Å². The predicted octanol–water partition coefficient (Wildman–Crippen LogP) is 2.16. The number of ether oxygens (including phenoxy) is 2. The first kappa shape index (κ1) is 18.7. The standard InChI is InChI=1S/C19H30N2O3/c1-15-4-5-18(12-16(15)2)24-10-7-19(22)20-13-17-6-8-21(14-17)9-11-23-3/h4-5,12,17H,6-11,13-14H2,1-3H3,(H,20,22)/t17-/m0/s1. The average Bonchev–Trinajstić information content (AvgIpc) is 3.02. The van der Waals surface area contributed by atoms with Crippen LogP contribution in [0.3, 0.4) is 0 Å². The number of carbonyl (C=O) groups is 1. The molecule has 1 amide bonds. The third-order valence-electron chi connectivity index (χ3n) is 4.65. The summed E-state index contributed by atoms with van der Waals surface area (Å²) >= 11 is 0. The largest absolute Gasteiger partial charge is 0.493 e. The van der Waals surface area contributed by atoms with Crippen molar-refractivity contribution >= 4 is 5.91 Å². The molecule has 1 saturated heterocycles. The highest BCUT2D eigenvalue weighted by Gasteiger charge is 2.22. The second-order valence-electron chi connectivity index (χ2n) is 6.60. The number of benzene rings is 1. The van der Waals surface area contributed by atoms with Crippen LogP contribution in [0.4, 0.5) is 0 Å². The molecular formula is C19H30N2O3. The number of amides is 1. The van der Waals surface area contributed by atoms with Crippen molar-refractivity contribution in [2.45, 2.75) is 26.7 Å². The molecule has 2 rings (SSSR count). The van der Waals surface area contributed by atoms with E-state index in [1.165, 1.54) is 11.1 Å². The molecule has 0 radical (unpaired) electrons. The van der Waals surface area contributed by atoms with Gasteiger partial charge in [0, 0.05) is 26.7 Å². The van der Waals surface area contributed by atoms with E-state index in [2.05, 4.69) is 24.1 Å². The van der Waals surface area contributed by atoms with Gasteiger partial charge in [-0.25, -0.2) is 0 Å². The summed E-state index contributed by atoms with van der Waals surface area (Å²) in [6.45, 7) is 9.20. The molecule has 0 aromatic heterocycles. The van der Waals surface area contributed by atoms with Crippen LogP contribution in [-0.2, 0) is 9.53 Å². The van der Waals surface area contributed by atoms with Crippen LogP contribution in [0.5, 0.6) is 5.75 Å². The minimum absolute atomic E-state index is 0.0641. The van der Waals surface area contributed by atoms with Crippen LogP contribution in [-0.4, -0.2) is 57.3 Å². The van der Waals surface area contributed by atoms with Gasteiger partial charge in [-0.2, -0.15) is 0 Å². The Bertz CT molecular complexity index is 533. The fourth-order valence-corrected chi connectivity index (χ4v) is 2.91. The maximum atomic E-state index is 11.9. The zero-order valence-corrected chi connectivity index (χ0v) is 15.1. The lowest BCUT2D eigenvalue weighted by Gasteiger charge is -2.15. The third-order valence-corrected chi connectivity index (χ3v) is 4.65. The molecule has 1 aromatic rings. The quantitative estimate of drug-likeness (QED) is 0.752. The summed E-state index contributed by atoms with van der Waals surface area (Å²) in [6, 6.07) is 6.01. The number of carbonyl (C=O) groups excluding carboxylic acids is 1. The summed E-state index contributed by atoms with van der Waals surface area (Å²) < 4.78 is 10.8. The Morgan fingerprint density at radius 1 is 1.29 bits per heavy atom. The van der Waals surface area contributed by atoms with Gasteiger partial charge in [-0.3, -0.25) is 4.79 Å². The molecule has 24 heavy (non-hydrogen) atoms. The van der Waals surface area contributed by atoms with Gasteiger partial charge in [0.2, 0.25) is 5.91 Å². The van der Waals surface area contributed by atoms with Crippen molar-refractivity contribution in [1.82, 2.24) is 10.2 Å². The van der Waals surface area contributed by atoms with E-state index in [9.17, 15) is 4.79 Å². The van der Waals surface area contributed by atoms with Crippen molar-refractivity contribution in [3.05, 3.63) is 29.3 Å². The summed E-state index contributed by atoms with van der Waals surface area (Å²) in [5.74, 6) is 1.44. The summed E-state index contributed by atoms with van der Waals surface area (Å²) in [5, 5.41) is 3.03. The summed E-state index contributed by atoms with van der Waals surface area (Å²) in [7, 11) is 1.73. The molecule has 1 atom stereocenters. The molecule has 5 nitrogen and oxygen atoms in total. The molecular weight excluding hydrogens is 304 g/mol. The molecule has 1 aliphatic heterocycles. The SMILES string of the molecule is COCCN1CC[C@@H](CNC(=O)CCOc2ccc(C)c(C)c2)C1. The fraction of sp³-hybridized carbons (Fsp3) is 0.632. The smallest absolute Gasteiger partial charge is 0.223 e. The van der Waals surface area contributed by atoms with Crippen LogP contribution >= 0.6 is 0 Å². The van der Waals surface area contributed by atoms with E-state index in [0.717, 1.165) is 45.0 Å². The lowest BCUT2D eigenvalue weighted by Crippen LogP contribution is -2.32. The third kappa shape index (κ3) is 6.13. The lowest BCUT2D eigenvalue weighted by atomic mass is 10.1. The monoisotopic (exact) mass is 334 g/mol. The minimum atomic E-state index is 0.0641. The maximum absolute atomic E-state index is 11.9. The Morgan fingerprint density at radius 3 is 2.88 bits per heavy atom.